The fourth-order valence-electron chi connectivity index (χ4n) is 4.28. The molecule has 9 heteroatoms. The van der Waals surface area contributed by atoms with E-state index in [1.807, 2.05) is 13.8 Å². The Balaban J connectivity index is 1.64. The van der Waals surface area contributed by atoms with E-state index in [1.54, 1.807) is 0 Å². The summed E-state index contributed by atoms with van der Waals surface area (Å²) >= 11 is 0. The molecule has 6 nitrogen and oxygen atoms in total. The van der Waals surface area contributed by atoms with Crippen LogP contribution in [0.4, 0.5) is 13.2 Å². The molecule has 0 radical (unpaired) electrons. The summed E-state index contributed by atoms with van der Waals surface area (Å²) in [6, 6.07) is 0.0374. The van der Waals surface area contributed by atoms with E-state index in [4.69, 9.17) is 0 Å². The van der Waals surface area contributed by atoms with E-state index in [2.05, 4.69) is 26.5 Å². The van der Waals surface area contributed by atoms with Crippen molar-refractivity contribution < 1.29 is 18.0 Å². The number of nitrogens with one attached hydrogen (secondary N) is 4. The Morgan fingerprint density at radius 3 is 2.57 bits per heavy atom. The van der Waals surface area contributed by atoms with Gasteiger partial charge >= 0.3 is 0 Å². The van der Waals surface area contributed by atoms with E-state index < -0.39 is 30.6 Å². The average molecular weight is 403 g/mol. The number of hydrazine groups is 1. The van der Waals surface area contributed by atoms with Gasteiger partial charge < -0.3 is 5.32 Å². The average Bonchev–Trinajstić information content (AvgIpc) is 3.06. The molecular weight excluding hydrogens is 371 g/mol. The minimum Gasteiger partial charge on any atom is -0.339 e. The molecule has 0 bridgehead atoms. The van der Waals surface area contributed by atoms with Gasteiger partial charge in [-0.1, -0.05) is 13.8 Å². The first-order valence-electron chi connectivity index (χ1n) is 10.4. The lowest BCUT2D eigenvalue weighted by Gasteiger charge is -2.32. The number of hydrogen-bond donors (Lipinski definition) is 4. The molecular formula is C19H32F3N5O. The number of carbonyl (C=O) groups excluding carboxylic acids is 1. The van der Waals surface area contributed by atoms with Crippen molar-refractivity contribution in [1.29, 1.82) is 0 Å². The number of guanidine groups is 1. The molecule has 3 fully saturated rings. The van der Waals surface area contributed by atoms with Crippen LogP contribution < -0.4 is 21.5 Å². The first kappa shape index (κ1) is 21.4. The predicted octanol–water partition coefficient (Wildman–Crippen LogP) is 2.12. The largest absolute Gasteiger partial charge is 0.339 e. The van der Waals surface area contributed by atoms with Crippen molar-refractivity contribution in [2.24, 2.45) is 22.7 Å². The quantitative estimate of drug-likeness (QED) is 0.428. The Labute approximate surface area is 164 Å². The molecule has 7 unspecified atom stereocenters. The fraction of sp³-hybridized carbons (Fsp3) is 0.895. The Kier molecular flexibility index (Phi) is 7.20. The number of carbonyl (C=O) groups is 1. The maximum atomic E-state index is 14.5. The maximum Gasteiger partial charge on any atom is 0.229 e. The summed E-state index contributed by atoms with van der Waals surface area (Å²) in [5, 5.41) is 5.86. The smallest absolute Gasteiger partial charge is 0.229 e. The second-order valence-corrected chi connectivity index (χ2v) is 8.66. The Morgan fingerprint density at radius 1 is 1.07 bits per heavy atom. The molecule has 3 rings (SSSR count). The first-order valence-corrected chi connectivity index (χ1v) is 10.4. The van der Waals surface area contributed by atoms with Gasteiger partial charge in [0, 0.05) is 24.4 Å². The summed E-state index contributed by atoms with van der Waals surface area (Å²) in [5.41, 5.74) is 6.20. The third-order valence-corrected chi connectivity index (χ3v) is 5.90. The van der Waals surface area contributed by atoms with E-state index >= 15 is 0 Å². The van der Waals surface area contributed by atoms with Crippen molar-refractivity contribution in [2.45, 2.75) is 83.1 Å². The van der Waals surface area contributed by atoms with E-state index in [1.165, 1.54) is 0 Å². The van der Waals surface area contributed by atoms with Gasteiger partial charge in [0.05, 0.1) is 6.17 Å². The van der Waals surface area contributed by atoms with Gasteiger partial charge in [0.2, 0.25) is 5.91 Å². The van der Waals surface area contributed by atoms with Crippen molar-refractivity contribution >= 4 is 11.9 Å². The predicted molar refractivity (Wildman–Crippen MR) is 102 cm³/mol. The summed E-state index contributed by atoms with van der Waals surface area (Å²) in [4.78, 5) is 17.0. The highest BCUT2D eigenvalue weighted by molar-refractivity contribution is 5.98. The molecule has 2 saturated carbocycles. The van der Waals surface area contributed by atoms with E-state index in [-0.39, 0.29) is 42.6 Å². The summed E-state index contributed by atoms with van der Waals surface area (Å²) in [6.45, 7) is 4.49. The molecule has 0 spiro atoms. The third-order valence-electron chi connectivity index (χ3n) is 5.90. The molecule has 7 atom stereocenters. The minimum absolute atomic E-state index is 0.0374. The highest BCUT2D eigenvalue weighted by atomic mass is 19.2. The lowest BCUT2D eigenvalue weighted by molar-refractivity contribution is -0.125. The molecule has 1 heterocycles. The normalized spacial score (nSPS) is 38.9. The fourth-order valence-corrected chi connectivity index (χ4v) is 4.28. The Bertz CT molecular complexity index is 576. The van der Waals surface area contributed by atoms with Crippen LogP contribution in [0, 0.1) is 17.8 Å². The van der Waals surface area contributed by atoms with Gasteiger partial charge in [0.1, 0.15) is 18.5 Å². The topological polar surface area (TPSA) is 77.5 Å². The minimum atomic E-state index is -1.61. The number of halogens is 3. The number of aliphatic imine (C=N–C) groups is 1. The standard InChI is InChI=1S/C19H32F3N5O/c1-10(2)9-23-19(25-18(28)11-6-7-12(20)14(22)8-11)24-17-16-13(21)4-3-5-15(16)26-27-17/h10-17,26-27H,3-9H2,1-2H3,(H2,23,24,25,28). The van der Waals surface area contributed by atoms with E-state index in [0.717, 1.165) is 12.8 Å². The molecule has 4 N–H and O–H groups in total. The van der Waals surface area contributed by atoms with Gasteiger partial charge in [-0.05, 0) is 44.4 Å². The first-order chi connectivity index (χ1) is 13.3. The Hall–Kier alpha value is -1.35. The molecule has 1 aliphatic heterocycles. The molecule has 2 aliphatic carbocycles. The van der Waals surface area contributed by atoms with Gasteiger partial charge in [-0.15, -0.1) is 0 Å². The summed E-state index contributed by atoms with van der Waals surface area (Å²) in [5.74, 6) is -0.676. The molecule has 0 aromatic carbocycles. The lowest BCUT2D eigenvalue weighted by Crippen LogP contribution is -2.55. The Morgan fingerprint density at radius 2 is 1.86 bits per heavy atom. The monoisotopic (exact) mass is 403 g/mol. The number of hydrogen-bond acceptors (Lipinski definition) is 4. The van der Waals surface area contributed by atoms with Gasteiger partial charge in [-0.2, -0.15) is 0 Å². The zero-order chi connectivity index (χ0) is 20.3. The number of fused-ring (bicyclic) bond motifs is 1. The van der Waals surface area contributed by atoms with Gasteiger partial charge in [-0.3, -0.25) is 20.5 Å². The van der Waals surface area contributed by atoms with Crippen LogP contribution in [-0.2, 0) is 4.79 Å². The lowest BCUT2D eigenvalue weighted by atomic mass is 9.82. The van der Waals surface area contributed by atoms with Crippen LogP contribution in [0.2, 0.25) is 0 Å². The second-order valence-electron chi connectivity index (χ2n) is 8.66. The third kappa shape index (κ3) is 5.17. The van der Waals surface area contributed by atoms with Crippen molar-refractivity contribution in [2.75, 3.05) is 6.54 Å². The van der Waals surface area contributed by atoms with Crippen LogP contribution in [0.1, 0.15) is 52.4 Å². The number of alkyl halides is 3. The van der Waals surface area contributed by atoms with Crippen LogP contribution in [0.25, 0.3) is 0 Å². The summed E-state index contributed by atoms with van der Waals surface area (Å²) in [7, 11) is 0. The van der Waals surface area contributed by atoms with Gasteiger partial charge in [0.15, 0.2) is 5.96 Å². The van der Waals surface area contributed by atoms with Crippen molar-refractivity contribution in [1.82, 2.24) is 21.5 Å². The van der Waals surface area contributed by atoms with Crippen LogP contribution >= 0.6 is 0 Å². The number of amides is 1. The summed E-state index contributed by atoms with van der Waals surface area (Å²) in [6.07, 6.45) is -1.93. The molecule has 28 heavy (non-hydrogen) atoms. The van der Waals surface area contributed by atoms with Crippen LogP contribution in [0.15, 0.2) is 4.99 Å². The van der Waals surface area contributed by atoms with Crippen LogP contribution in [-0.4, -0.2) is 49.1 Å². The van der Waals surface area contributed by atoms with Gasteiger partial charge in [-0.25, -0.2) is 18.6 Å². The molecule has 1 amide bonds. The molecule has 0 aromatic heterocycles. The zero-order valence-corrected chi connectivity index (χ0v) is 16.6. The maximum absolute atomic E-state index is 14.5. The van der Waals surface area contributed by atoms with Crippen molar-refractivity contribution in [3.8, 4) is 0 Å². The zero-order valence-electron chi connectivity index (χ0n) is 16.6. The van der Waals surface area contributed by atoms with E-state index in [0.29, 0.717) is 19.4 Å². The number of rotatable bonds is 4. The molecule has 0 aromatic rings. The molecule has 3 aliphatic rings. The highest BCUT2D eigenvalue weighted by Crippen LogP contribution is 2.32. The van der Waals surface area contributed by atoms with Crippen LogP contribution in [0.3, 0.4) is 0 Å². The highest BCUT2D eigenvalue weighted by Gasteiger charge is 2.44. The van der Waals surface area contributed by atoms with Crippen LogP contribution in [0.5, 0.6) is 0 Å². The van der Waals surface area contributed by atoms with E-state index in [9.17, 15) is 18.0 Å². The molecule has 1 saturated heterocycles. The number of nitrogens with zero attached hydrogens (tertiary/aromatic N) is 1. The SMILES string of the molecule is CC(C)CN=C(NC(=O)C1CCC(F)C(F)C1)NC1NNC2CCCC(F)C21. The molecule has 160 valence electrons. The summed E-state index contributed by atoms with van der Waals surface area (Å²) < 4.78 is 41.5. The van der Waals surface area contributed by atoms with Crippen molar-refractivity contribution in [3.63, 3.8) is 0 Å². The second kappa shape index (κ2) is 9.43. The van der Waals surface area contributed by atoms with Gasteiger partial charge in [0.25, 0.3) is 0 Å². The van der Waals surface area contributed by atoms with Crippen molar-refractivity contribution in [3.05, 3.63) is 0 Å².